The molecule has 0 bridgehead atoms. The number of carbonyl (C=O) groups is 1. The Kier molecular flexibility index (Phi) is 7.32. The number of hydrogen-bond acceptors (Lipinski definition) is 5. The molecule has 0 atom stereocenters. The Morgan fingerprint density at radius 3 is 2.86 bits per heavy atom. The van der Waals surface area contributed by atoms with Crippen LogP contribution >= 0.6 is 23.4 Å². The van der Waals surface area contributed by atoms with E-state index in [2.05, 4.69) is 22.1 Å². The van der Waals surface area contributed by atoms with Gasteiger partial charge in [-0.1, -0.05) is 53.7 Å². The minimum absolute atomic E-state index is 0.172. The smallest absolute Gasteiger partial charge is 0.234 e. The number of anilines is 1. The van der Waals surface area contributed by atoms with Crippen molar-refractivity contribution in [3.63, 3.8) is 0 Å². The highest BCUT2D eigenvalue weighted by molar-refractivity contribution is 7.99. The maximum Gasteiger partial charge on any atom is 0.234 e. The summed E-state index contributed by atoms with van der Waals surface area (Å²) in [6.45, 7) is 6.59. The van der Waals surface area contributed by atoms with E-state index < -0.39 is 0 Å². The zero-order valence-corrected chi connectivity index (χ0v) is 17.5. The maximum atomic E-state index is 12.3. The molecule has 6 nitrogen and oxygen atoms in total. The fraction of sp³-hybridized carbons (Fsp3) is 0.190. The first-order chi connectivity index (χ1) is 14.1. The van der Waals surface area contributed by atoms with Crippen LogP contribution in [0.3, 0.4) is 0 Å². The molecule has 3 rings (SSSR count). The SMILES string of the molecule is C=CCn1c(COc2cccc(C)c2)nnc1SCC(=O)Nc1ccccc1Cl. The van der Waals surface area contributed by atoms with Crippen molar-refractivity contribution in [2.75, 3.05) is 11.1 Å². The van der Waals surface area contributed by atoms with Gasteiger partial charge >= 0.3 is 0 Å². The second-order valence-corrected chi connectivity index (χ2v) is 7.57. The van der Waals surface area contributed by atoms with Crippen molar-refractivity contribution in [3.05, 3.63) is 77.6 Å². The molecule has 1 aromatic heterocycles. The van der Waals surface area contributed by atoms with Gasteiger partial charge < -0.3 is 10.1 Å². The van der Waals surface area contributed by atoms with Crippen LogP contribution in [0.4, 0.5) is 5.69 Å². The van der Waals surface area contributed by atoms with E-state index in [1.165, 1.54) is 11.8 Å². The number of aromatic nitrogens is 3. The average Bonchev–Trinajstić information content (AvgIpc) is 3.09. The lowest BCUT2D eigenvalue weighted by Crippen LogP contribution is -2.15. The van der Waals surface area contributed by atoms with E-state index in [1.54, 1.807) is 18.2 Å². The Hall–Kier alpha value is -2.77. The zero-order valence-electron chi connectivity index (χ0n) is 16.0. The maximum absolute atomic E-state index is 12.3. The number of hydrogen-bond donors (Lipinski definition) is 1. The molecule has 0 saturated carbocycles. The summed E-state index contributed by atoms with van der Waals surface area (Å²) in [5.41, 5.74) is 1.70. The van der Waals surface area contributed by atoms with Crippen LogP contribution in [0.1, 0.15) is 11.4 Å². The lowest BCUT2D eigenvalue weighted by molar-refractivity contribution is -0.113. The highest BCUT2D eigenvalue weighted by atomic mass is 35.5. The van der Waals surface area contributed by atoms with E-state index in [1.807, 2.05) is 47.9 Å². The van der Waals surface area contributed by atoms with Crippen LogP contribution in [0.5, 0.6) is 5.75 Å². The van der Waals surface area contributed by atoms with Crippen molar-refractivity contribution in [3.8, 4) is 5.75 Å². The average molecular weight is 429 g/mol. The summed E-state index contributed by atoms with van der Waals surface area (Å²) < 4.78 is 7.72. The third-order valence-electron chi connectivity index (χ3n) is 3.94. The van der Waals surface area contributed by atoms with E-state index in [-0.39, 0.29) is 18.3 Å². The molecule has 0 unspecified atom stereocenters. The molecular formula is C21H21ClN4O2S. The Balaban J connectivity index is 1.62. The van der Waals surface area contributed by atoms with Crippen molar-refractivity contribution in [2.24, 2.45) is 0 Å². The molecule has 0 saturated heterocycles. The minimum Gasteiger partial charge on any atom is -0.486 e. The molecule has 1 N–H and O–H groups in total. The summed E-state index contributed by atoms with van der Waals surface area (Å²) in [7, 11) is 0. The standard InChI is InChI=1S/C21H21ClN4O2S/c1-3-11-26-19(13-28-16-8-6-7-15(2)12-16)24-25-21(26)29-14-20(27)23-18-10-5-4-9-17(18)22/h3-10,12H,1,11,13-14H2,2H3,(H,23,27). The fourth-order valence-electron chi connectivity index (χ4n) is 2.58. The lowest BCUT2D eigenvalue weighted by Gasteiger charge is -2.10. The lowest BCUT2D eigenvalue weighted by atomic mass is 10.2. The molecule has 0 spiro atoms. The zero-order chi connectivity index (χ0) is 20.6. The Morgan fingerprint density at radius 1 is 1.28 bits per heavy atom. The molecule has 0 aliphatic carbocycles. The molecule has 8 heteroatoms. The number of thioether (sulfide) groups is 1. The molecule has 0 radical (unpaired) electrons. The minimum atomic E-state index is -0.172. The molecule has 1 amide bonds. The Labute approximate surface area is 178 Å². The van der Waals surface area contributed by atoms with Gasteiger partial charge in [-0.25, -0.2) is 0 Å². The first-order valence-corrected chi connectivity index (χ1v) is 10.3. The van der Waals surface area contributed by atoms with E-state index in [9.17, 15) is 4.79 Å². The number of rotatable bonds is 9. The number of benzene rings is 2. The number of aryl methyl sites for hydroxylation is 1. The molecular weight excluding hydrogens is 408 g/mol. The van der Waals surface area contributed by atoms with Crippen molar-refractivity contribution >= 4 is 35.0 Å². The van der Waals surface area contributed by atoms with Gasteiger partial charge in [-0.3, -0.25) is 9.36 Å². The van der Waals surface area contributed by atoms with Gasteiger partial charge in [0.05, 0.1) is 16.5 Å². The molecule has 0 aliphatic rings. The highest BCUT2D eigenvalue weighted by Crippen LogP contribution is 2.22. The van der Waals surface area contributed by atoms with Gasteiger partial charge in [0.15, 0.2) is 11.0 Å². The third-order valence-corrected chi connectivity index (χ3v) is 5.24. The number of para-hydroxylation sites is 1. The Bertz CT molecular complexity index is 1010. The molecule has 0 fully saturated rings. The summed E-state index contributed by atoms with van der Waals surface area (Å²) >= 11 is 7.37. The van der Waals surface area contributed by atoms with Crippen molar-refractivity contribution in [1.82, 2.24) is 14.8 Å². The van der Waals surface area contributed by atoms with E-state index in [0.717, 1.165) is 11.3 Å². The van der Waals surface area contributed by atoms with Crippen LogP contribution in [-0.4, -0.2) is 26.4 Å². The van der Waals surface area contributed by atoms with E-state index in [4.69, 9.17) is 16.3 Å². The number of nitrogens with one attached hydrogen (secondary N) is 1. The first kappa shape index (κ1) is 21.0. The van der Waals surface area contributed by atoms with Crippen LogP contribution in [0.15, 0.2) is 66.3 Å². The fourth-order valence-corrected chi connectivity index (χ4v) is 3.53. The molecule has 0 aliphatic heterocycles. The summed E-state index contributed by atoms with van der Waals surface area (Å²) in [5.74, 6) is 1.44. The van der Waals surface area contributed by atoms with Gasteiger partial charge in [-0.05, 0) is 36.8 Å². The first-order valence-electron chi connectivity index (χ1n) is 8.96. The second-order valence-electron chi connectivity index (χ2n) is 6.22. The predicted octanol–water partition coefficient (Wildman–Crippen LogP) is 4.74. The van der Waals surface area contributed by atoms with Crippen molar-refractivity contribution in [2.45, 2.75) is 25.2 Å². The van der Waals surface area contributed by atoms with Crippen LogP contribution in [-0.2, 0) is 17.9 Å². The number of halogens is 1. The van der Waals surface area contributed by atoms with Gasteiger partial charge in [-0.2, -0.15) is 0 Å². The number of carbonyl (C=O) groups excluding carboxylic acids is 1. The van der Waals surface area contributed by atoms with Crippen LogP contribution in [0.25, 0.3) is 0 Å². The number of nitrogens with zero attached hydrogens (tertiary/aromatic N) is 3. The number of amides is 1. The largest absolute Gasteiger partial charge is 0.486 e. The normalized spacial score (nSPS) is 10.6. The molecule has 29 heavy (non-hydrogen) atoms. The quantitative estimate of drug-likeness (QED) is 0.394. The topological polar surface area (TPSA) is 69.0 Å². The second kappa shape index (κ2) is 10.1. The van der Waals surface area contributed by atoms with E-state index >= 15 is 0 Å². The summed E-state index contributed by atoms with van der Waals surface area (Å²) in [6.07, 6.45) is 1.76. The third kappa shape index (κ3) is 5.85. The van der Waals surface area contributed by atoms with Crippen LogP contribution in [0, 0.1) is 6.92 Å². The number of allylic oxidation sites excluding steroid dienone is 1. The summed E-state index contributed by atoms with van der Waals surface area (Å²) in [5, 5.41) is 12.3. The van der Waals surface area contributed by atoms with Gasteiger partial charge in [0.25, 0.3) is 0 Å². The van der Waals surface area contributed by atoms with Crippen LogP contribution in [0.2, 0.25) is 5.02 Å². The molecule has 3 aromatic rings. The van der Waals surface area contributed by atoms with E-state index in [0.29, 0.717) is 28.2 Å². The van der Waals surface area contributed by atoms with Crippen molar-refractivity contribution in [1.29, 1.82) is 0 Å². The highest BCUT2D eigenvalue weighted by Gasteiger charge is 2.14. The van der Waals surface area contributed by atoms with Gasteiger partial charge in [0, 0.05) is 6.54 Å². The Morgan fingerprint density at radius 2 is 2.10 bits per heavy atom. The molecule has 1 heterocycles. The van der Waals surface area contributed by atoms with Gasteiger partial charge in [0.2, 0.25) is 5.91 Å². The van der Waals surface area contributed by atoms with Gasteiger partial charge in [0.1, 0.15) is 12.4 Å². The predicted molar refractivity (Wildman–Crippen MR) is 117 cm³/mol. The summed E-state index contributed by atoms with van der Waals surface area (Å²) in [4.78, 5) is 12.3. The van der Waals surface area contributed by atoms with Crippen molar-refractivity contribution < 1.29 is 9.53 Å². The summed E-state index contributed by atoms with van der Waals surface area (Å²) in [6, 6.07) is 14.9. The van der Waals surface area contributed by atoms with Gasteiger partial charge in [-0.15, -0.1) is 16.8 Å². The number of ether oxygens (including phenoxy) is 1. The molecule has 150 valence electrons. The molecule has 2 aromatic carbocycles. The monoisotopic (exact) mass is 428 g/mol. The van der Waals surface area contributed by atoms with Crippen LogP contribution < -0.4 is 10.1 Å².